The topological polar surface area (TPSA) is 42.0 Å². The monoisotopic (exact) mass is 492 g/mol. The number of hydrogen-bond acceptors (Lipinski definition) is 4. The van der Waals surface area contributed by atoms with Crippen molar-refractivity contribution in [3.8, 4) is 11.5 Å². The first-order valence-electron chi connectivity index (χ1n) is 12.8. The minimum atomic E-state index is 0.00944. The van der Waals surface area contributed by atoms with Crippen molar-refractivity contribution in [3.63, 3.8) is 0 Å². The number of piperazine rings is 1. The van der Waals surface area contributed by atoms with Crippen LogP contribution in [0.1, 0.15) is 27.5 Å². The lowest BCUT2D eigenvalue weighted by atomic mass is 9.96. The second kappa shape index (κ2) is 12.2. The lowest BCUT2D eigenvalue weighted by molar-refractivity contribution is 0.0592. The van der Waals surface area contributed by atoms with E-state index < -0.39 is 0 Å². The molecular weight excluding hydrogens is 460 g/mol. The van der Waals surface area contributed by atoms with Gasteiger partial charge in [-0.3, -0.25) is 9.69 Å². The first-order chi connectivity index (χ1) is 18.3. The fourth-order valence-corrected chi connectivity index (χ4v) is 4.84. The van der Waals surface area contributed by atoms with Crippen LogP contribution >= 0.6 is 0 Å². The quantitative estimate of drug-likeness (QED) is 0.282. The van der Waals surface area contributed by atoms with Crippen LogP contribution in [0.5, 0.6) is 11.5 Å². The molecule has 188 valence electrons. The summed E-state index contributed by atoms with van der Waals surface area (Å²) in [4.78, 5) is 17.9. The molecule has 4 aromatic carbocycles. The zero-order valence-electron chi connectivity index (χ0n) is 20.9. The van der Waals surface area contributed by atoms with Gasteiger partial charge in [0.1, 0.15) is 24.7 Å². The highest BCUT2D eigenvalue weighted by atomic mass is 16.5. The van der Waals surface area contributed by atoms with E-state index >= 15 is 0 Å². The molecule has 1 saturated heterocycles. The molecule has 0 saturated carbocycles. The van der Waals surface area contributed by atoms with Crippen LogP contribution in [0.3, 0.4) is 0 Å². The highest BCUT2D eigenvalue weighted by Gasteiger charge is 2.29. The predicted octanol–water partition coefficient (Wildman–Crippen LogP) is 5.69. The molecule has 1 amide bonds. The Bertz CT molecular complexity index is 1220. The number of amides is 1. The Kier molecular flexibility index (Phi) is 8.14. The molecule has 1 aliphatic rings. The van der Waals surface area contributed by atoms with Gasteiger partial charge in [-0.15, -0.1) is 0 Å². The van der Waals surface area contributed by atoms with Crippen molar-refractivity contribution in [3.05, 3.63) is 132 Å². The third-order valence-electron chi connectivity index (χ3n) is 6.67. The first kappa shape index (κ1) is 24.6. The molecule has 1 heterocycles. The van der Waals surface area contributed by atoms with Gasteiger partial charge >= 0.3 is 0 Å². The van der Waals surface area contributed by atoms with E-state index in [0.29, 0.717) is 37.6 Å². The Morgan fingerprint density at radius 1 is 0.622 bits per heavy atom. The molecule has 0 unspecified atom stereocenters. The second-order valence-electron chi connectivity index (χ2n) is 9.06. The number of carbonyl (C=O) groups excluding carboxylic acids is 1. The summed E-state index contributed by atoms with van der Waals surface area (Å²) in [6.07, 6.45) is 0. The molecule has 0 spiro atoms. The van der Waals surface area contributed by atoms with Crippen LogP contribution in [0.25, 0.3) is 0 Å². The Balaban J connectivity index is 1.22. The van der Waals surface area contributed by atoms with Crippen LogP contribution in [0.15, 0.2) is 115 Å². The summed E-state index contributed by atoms with van der Waals surface area (Å²) < 4.78 is 11.7. The van der Waals surface area contributed by atoms with Gasteiger partial charge in [-0.1, -0.05) is 91.0 Å². The third kappa shape index (κ3) is 6.19. The zero-order valence-corrected chi connectivity index (χ0v) is 20.9. The van der Waals surface area contributed by atoms with E-state index in [1.165, 1.54) is 11.1 Å². The minimum Gasteiger partial charge on any atom is -0.490 e. The maximum Gasteiger partial charge on any atom is 0.257 e. The molecule has 5 heteroatoms. The molecule has 37 heavy (non-hydrogen) atoms. The van der Waals surface area contributed by atoms with Gasteiger partial charge < -0.3 is 14.4 Å². The number of carbonyl (C=O) groups is 1. The van der Waals surface area contributed by atoms with Crippen molar-refractivity contribution in [2.75, 3.05) is 39.4 Å². The highest BCUT2D eigenvalue weighted by Crippen LogP contribution is 2.30. The van der Waals surface area contributed by atoms with Gasteiger partial charge in [0.15, 0.2) is 0 Å². The number of benzene rings is 4. The van der Waals surface area contributed by atoms with E-state index in [-0.39, 0.29) is 11.9 Å². The summed E-state index contributed by atoms with van der Waals surface area (Å²) in [7, 11) is 0. The van der Waals surface area contributed by atoms with Crippen LogP contribution in [0.2, 0.25) is 0 Å². The summed E-state index contributed by atoms with van der Waals surface area (Å²) in [5.41, 5.74) is 3.13. The Hall–Kier alpha value is -4.09. The average Bonchev–Trinajstić information content (AvgIpc) is 2.97. The van der Waals surface area contributed by atoms with Crippen molar-refractivity contribution in [2.24, 2.45) is 0 Å². The largest absolute Gasteiger partial charge is 0.490 e. The SMILES string of the molecule is O=C(c1ccccc1OCCOc1ccccc1)N1CCN(C(c2ccccc2)c2ccccc2)CC1. The van der Waals surface area contributed by atoms with E-state index in [1.807, 2.05) is 59.5 Å². The number of hydrogen-bond donors (Lipinski definition) is 0. The number of ether oxygens (including phenoxy) is 2. The highest BCUT2D eigenvalue weighted by molar-refractivity contribution is 5.97. The van der Waals surface area contributed by atoms with Crippen LogP contribution in [-0.4, -0.2) is 55.1 Å². The average molecular weight is 493 g/mol. The van der Waals surface area contributed by atoms with Gasteiger partial charge in [-0.2, -0.15) is 0 Å². The van der Waals surface area contributed by atoms with Crippen molar-refractivity contribution in [1.82, 2.24) is 9.80 Å². The summed E-state index contributed by atoms with van der Waals surface area (Å²) in [6, 6.07) is 38.5. The molecule has 4 aromatic rings. The van der Waals surface area contributed by atoms with Crippen LogP contribution in [-0.2, 0) is 0 Å². The Morgan fingerprint density at radius 3 is 1.76 bits per heavy atom. The number of para-hydroxylation sites is 2. The molecule has 5 nitrogen and oxygen atoms in total. The summed E-state index contributed by atoms with van der Waals surface area (Å²) in [6.45, 7) is 3.71. The van der Waals surface area contributed by atoms with E-state index in [9.17, 15) is 4.79 Å². The lowest BCUT2D eigenvalue weighted by Crippen LogP contribution is -2.49. The fraction of sp³-hybridized carbons (Fsp3) is 0.219. The van der Waals surface area contributed by atoms with Crippen LogP contribution < -0.4 is 9.47 Å². The number of nitrogens with zero attached hydrogens (tertiary/aromatic N) is 2. The molecule has 0 radical (unpaired) electrons. The number of rotatable bonds is 9. The zero-order chi connectivity index (χ0) is 25.3. The molecule has 0 aromatic heterocycles. The van der Waals surface area contributed by atoms with Crippen molar-refractivity contribution >= 4 is 5.91 Å². The van der Waals surface area contributed by atoms with Gasteiger partial charge in [0.2, 0.25) is 0 Å². The van der Waals surface area contributed by atoms with Gasteiger partial charge in [-0.25, -0.2) is 0 Å². The maximum absolute atomic E-state index is 13.5. The fourth-order valence-electron chi connectivity index (χ4n) is 4.84. The van der Waals surface area contributed by atoms with E-state index in [2.05, 4.69) is 65.6 Å². The van der Waals surface area contributed by atoms with Crippen molar-refractivity contribution in [1.29, 1.82) is 0 Å². The van der Waals surface area contributed by atoms with E-state index in [1.54, 1.807) is 0 Å². The standard InChI is InChI=1S/C32H32N2O3/c35-32(29-18-10-11-19-30(29)37-25-24-36-28-16-8-3-9-17-28)34-22-20-33(21-23-34)31(26-12-4-1-5-13-26)27-14-6-2-7-15-27/h1-19,31H,20-25H2. The van der Waals surface area contributed by atoms with Gasteiger partial charge in [0.25, 0.3) is 5.91 Å². The van der Waals surface area contributed by atoms with E-state index in [4.69, 9.17) is 9.47 Å². The van der Waals surface area contributed by atoms with E-state index in [0.717, 1.165) is 18.8 Å². The van der Waals surface area contributed by atoms with Gasteiger partial charge in [0.05, 0.1) is 11.6 Å². The van der Waals surface area contributed by atoms with Gasteiger partial charge in [0, 0.05) is 26.2 Å². The van der Waals surface area contributed by atoms with Crippen LogP contribution in [0, 0.1) is 0 Å². The molecule has 0 N–H and O–H groups in total. The molecule has 0 atom stereocenters. The maximum atomic E-state index is 13.5. The molecule has 1 fully saturated rings. The minimum absolute atomic E-state index is 0.00944. The second-order valence-corrected chi connectivity index (χ2v) is 9.06. The Morgan fingerprint density at radius 2 is 1.14 bits per heavy atom. The molecule has 1 aliphatic heterocycles. The van der Waals surface area contributed by atoms with Gasteiger partial charge in [-0.05, 0) is 35.4 Å². The molecule has 0 aliphatic carbocycles. The van der Waals surface area contributed by atoms with Crippen LogP contribution in [0.4, 0.5) is 0 Å². The van der Waals surface area contributed by atoms with Crippen molar-refractivity contribution in [2.45, 2.75) is 6.04 Å². The smallest absolute Gasteiger partial charge is 0.257 e. The Labute approximate surface area is 218 Å². The molecule has 0 bridgehead atoms. The predicted molar refractivity (Wildman–Crippen MR) is 146 cm³/mol. The molecular formula is C32H32N2O3. The summed E-state index contributed by atoms with van der Waals surface area (Å²) >= 11 is 0. The summed E-state index contributed by atoms with van der Waals surface area (Å²) in [5.74, 6) is 1.41. The lowest BCUT2D eigenvalue weighted by Gasteiger charge is -2.40. The third-order valence-corrected chi connectivity index (χ3v) is 6.67. The van der Waals surface area contributed by atoms with Crippen molar-refractivity contribution < 1.29 is 14.3 Å². The molecule has 5 rings (SSSR count). The normalized spacial score (nSPS) is 13.9. The summed E-state index contributed by atoms with van der Waals surface area (Å²) in [5, 5.41) is 0. The first-order valence-corrected chi connectivity index (χ1v) is 12.8.